The molecule has 28 heavy (non-hydrogen) atoms. The van der Waals surface area contributed by atoms with Gasteiger partial charge in [-0.3, -0.25) is 4.79 Å². The van der Waals surface area contributed by atoms with Crippen molar-refractivity contribution in [3.8, 4) is 5.69 Å². The van der Waals surface area contributed by atoms with Crippen molar-refractivity contribution in [1.82, 2.24) is 9.78 Å². The lowest BCUT2D eigenvalue weighted by Crippen LogP contribution is -2.18. The van der Waals surface area contributed by atoms with Crippen molar-refractivity contribution < 1.29 is 13.2 Å². The van der Waals surface area contributed by atoms with Gasteiger partial charge in [-0.05, 0) is 29.3 Å². The van der Waals surface area contributed by atoms with E-state index in [0.29, 0.717) is 17.3 Å². The summed E-state index contributed by atoms with van der Waals surface area (Å²) in [7, 11) is -4.07. The van der Waals surface area contributed by atoms with E-state index in [0.717, 1.165) is 11.1 Å². The minimum atomic E-state index is -4.07. The lowest BCUT2D eigenvalue weighted by molar-refractivity contribution is -0.115. The Morgan fingerprint density at radius 1 is 1.18 bits per heavy atom. The standard InChI is InChI=1S/C18H18ClN5O3S/c19-14-10-22-24(11-14)16-5-4-15(8-17(16)28(21,26)27)23-18(25)7-12-2-1-3-13(6-12)9-20/h1-6,8,10-11H,7,9,20H2,(H,23,25)(H2,21,26,27). The van der Waals surface area contributed by atoms with Crippen LogP contribution in [0.4, 0.5) is 5.69 Å². The largest absolute Gasteiger partial charge is 0.326 e. The maximum absolute atomic E-state index is 12.3. The first-order valence-corrected chi connectivity index (χ1v) is 10.1. The molecule has 1 amide bonds. The van der Waals surface area contributed by atoms with Gasteiger partial charge in [0.2, 0.25) is 15.9 Å². The number of aromatic nitrogens is 2. The predicted octanol–water partition coefficient (Wildman–Crippen LogP) is 1.81. The van der Waals surface area contributed by atoms with Gasteiger partial charge in [0.05, 0.1) is 23.3 Å². The summed E-state index contributed by atoms with van der Waals surface area (Å²) in [6, 6.07) is 11.7. The molecule has 8 nitrogen and oxygen atoms in total. The average Bonchev–Trinajstić information content (AvgIpc) is 3.07. The normalized spacial score (nSPS) is 11.4. The van der Waals surface area contributed by atoms with Gasteiger partial charge in [0.15, 0.2) is 0 Å². The number of rotatable bonds is 6. The molecular weight excluding hydrogens is 402 g/mol. The highest BCUT2D eigenvalue weighted by atomic mass is 35.5. The number of primary sulfonamides is 1. The molecule has 0 aliphatic carbocycles. The predicted molar refractivity (Wildman–Crippen MR) is 107 cm³/mol. The van der Waals surface area contributed by atoms with Crippen LogP contribution >= 0.6 is 11.6 Å². The summed E-state index contributed by atoms with van der Waals surface area (Å²) in [5, 5.41) is 12.3. The van der Waals surface area contributed by atoms with Gasteiger partial charge in [-0.25, -0.2) is 18.2 Å². The van der Waals surface area contributed by atoms with E-state index < -0.39 is 10.0 Å². The second kappa shape index (κ2) is 8.11. The highest BCUT2D eigenvalue weighted by molar-refractivity contribution is 7.89. The zero-order valence-corrected chi connectivity index (χ0v) is 16.2. The SMILES string of the molecule is NCc1cccc(CC(=O)Nc2ccc(-n3cc(Cl)cn3)c(S(N)(=O)=O)c2)c1. The summed E-state index contributed by atoms with van der Waals surface area (Å²) in [6.07, 6.45) is 2.95. The summed E-state index contributed by atoms with van der Waals surface area (Å²) in [5.74, 6) is -0.301. The monoisotopic (exact) mass is 419 g/mol. The second-order valence-corrected chi connectivity index (χ2v) is 8.05. The van der Waals surface area contributed by atoms with E-state index in [9.17, 15) is 13.2 Å². The number of sulfonamides is 1. The van der Waals surface area contributed by atoms with E-state index in [2.05, 4.69) is 10.4 Å². The van der Waals surface area contributed by atoms with Crippen LogP contribution in [-0.4, -0.2) is 24.1 Å². The van der Waals surface area contributed by atoms with E-state index >= 15 is 0 Å². The smallest absolute Gasteiger partial charge is 0.240 e. The molecule has 0 aliphatic heterocycles. The maximum atomic E-state index is 12.3. The van der Waals surface area contributed by atoms with Crippen LogP contribution in [0, 0.1) is 0 Å². The average molecular weight is 420 g/mol. The molecule has 0 unspecified atom stereocenters. The molecule has 3 aromatic rings. The Kier molecular flexibility index (Phi) is 5.80. The molecule has 0 fully saturated rings. The summed E-state index contributed by atoms with van der Waals surface area (Å²) >= 11 is 5.85. The van der Waals surface area contributed by atoms with E-state index in [4.69, 9.17) is 22.5 Å². The van der Waals surface area contributed by atoms with Crippen LogP contribution in [-0.2, 0) is 27.8 Å². The van der Waals surface area contributed by atoms with Crippen LogP contribution in [0.3, 0.4) is 0 Å². The molecule has 146 valence electrons. The Morgan fingerprint density at radius 3 is 2.57 bits per heavy atom. The molecule has 0 bridgehead atoms. The summed E-state index contributed by atoms with van der Waals surface area (Å²) in [5.41, 5.74) is 7.85. The molecule has 0 saturated heterocycles. The van der Waals surface area contributed by atoms with Gasteiger partial charge in [-0.1, -0.05) is 35.9 Å². The number of hydrogen-bond donors (Lipinski definition) is 3. The molecule has 5 N–H and O–H groups in total. The lowest BCUT2D eigenvalue weighted by Gasteiger charge is -2.11. The van der Waals surface area contributed by atoms with Gasteiger partial charge < -0.3 is 11.1 Å². The third kappa shape index (κ3) is 4.76. The molecule has 0 spiro atoms. The second-order valence-electron chi connectivity index (χ2n) is 6.08. The highest BCUT2D eigenvalue weighted by Gasteiger charge is 2.18. The van der Waals surface area contributed by atoms with Crippen LogP contribution in [0.5, 0.6) is 0 Å². The number of benzene rings is 2. The molecule has 1 heterocycles. The number of carbonyl (C=O) groups excluding carboxylic acids is 1. The molecule has 1 aromatic heterocycles. The van der Waals surface area contributed by atoms with Crippen LogP contribution < -0.4 is 16.2 Å². The summed E-state index contributed by atoms with van der Waals surface area (Å²) < 4.78 is 25.3. The van der Waals surface area contributed by atoms with Crippen molar-refractivity contribution in [1.29, 1.82) is 0 Å². The minimum absolute atomic E-state index is 0.120. The fourth-order valence-electron chi connectivity index (χ4n) is 2.70. The summed E-state index contributed by atoms with van der Waals surface area (Å²) in [4.78, 5) is 12.2. The van der Waals surface area contributed by atoms with Crippen LogP contribution in [0.2, 0.25) is 5.02 Å². The van der Waals surface area contributed by atoms with E-state index in [1.165, 1.54) is 29.2 Å². The van der Waals surface area contributed by atoms with Crippen molar-refractivity contribution >= 4 is 33.2 Å². The van der Waals surface area contributed by atoms with E-state index in [1.807, 2.05) is 24.3 Å². The van der Waals surface area contributed by atoms with Gasteiger partial charge in [0.1, 0.15) is 4.90 Å². The number of amides is 1. The van der Waals surface area contributed by atoms with Gasteiger partial charge in [0.25, 0.3) is 0 Å². The van der Waals surface area contributed by atoms with E-state index in [-0.39, 0.29) is 22.9 Å². The van der Waals surface area contributed by atoms with Crippen molar-refractivity contribution in [3.05, 3.63) is 71.0 Å². The topological polar surface area (TPSA) is 133 Å². The zero-order valence-electron chi connectivity index (χ0n) is 14.7. The number of hydrogen-bond acceptors (Lipinski definition) is 5. The van der Waals surface area contributed by atoms with Crippen molar-refractivity contribution in [2.75, 3.05) is 5.32 Å². The first-order chi connectivity index (χ1) is 13.3. The highest BCUT2D eigenvalue weighted by Crippen LogP contribution is 2.24. The fourth-order valence-corrected chi connectivity index (χ4v) is 3.58. The van der Waals surface area contributed by atoms with Crippen LogP contribution in [0.1, 0.15) is 11.1 Å². The first-order valence-electron chi connectivity index (χ1n) is 8.21. The fraction of sp³-hybridized carbons (Fsp3) is 0.111. The Hall–Kier alpha value is -2.72. The number of nitrogens with zero attached hydrogens (tertiary/aromatic N) is 2. The van der Waals surface area contributed by atoms with Crippen LogP contribution in [0.15, 0.2) is 59.8 Å². The molecular formula is C18H18ClN5O3S. The Balaban J connectivity index is 1.85. The third-order valence-electron chi connectivity index (χ3n) is 3.94. The Bertz CT molecular complexity index is 1130. The zero-order chi connectivity index (χ0) is 20.3. The summed E-state index contributed by atoms with van der Waals surface area (Å²) in [6.45, 7) is 0.381. The van der Waals surface area contributed by atoms with Crippen LogP contribution in [0.25, 0.3) is 5.69 Å². The van der Waals surface area contributed by atoms with Crippen molar-refractivity contribution in [3.63, 3.8) is 0 Å². The minimum Gasteiger partial charge on any atom is -0.326 e. The third-order valence-corrected chi connectivity index (χ3v) is 5.07. The molecule has 0 atom stereocenters. The molecule has 0 saturated carbocycles. The van der Waals surface area contributed by atoms with Gasteiger partial charge >= 0.3 is 0 Å². The van der Waals surface area contributed by atoms with Crippen molar-refractivity contribution in [2.45, 2.75) is 17.9 Å². The van der Waals surface area contributed by atoms with E-state index in [1.54, 1.807) is 6.07 Å². The maximum Gasteiger partial charge on any atom is 0.240 e. The Labute approximate surface area is 167 Å². The molecule has 10 heteroatoms. The van der Waals surface area contributed by atoms with Gasteiger partial charge in [-0.2, -0.15) is 5.10 Å². The molecule has 3 rings (SSSR count). The number of nitrogens with one attached hydrogen (secondary N) is 1. The number of carbonyl (C=O) groups is 1. The lowest BCUT2D eigenvalue weighted by atomic mass is 10.1. The number of nitrogens with two attached hydrogens (primary N) is 2. The molecule has 0 radical (unpaired) electrons. The quantitative estimate of drug-likeness (QED) is 0.560. The Morgan fingerprint density at radius 2 is 1.93 bits per heavy atom. The van der Waals surface area contributed by atoms with Gasteiger partial charge in [0, 0.05) is 18.4 Å². The number of halogens is 1. The number of anilines is 1. The van der Waals surface area contributed by atoms with Gasteiger partial charge in [-0.15, -0.1) is 0 Å². The molecule has 0 aliphatic rings. The van der Waals surface area contributed by atoms with Crippen molar-refractivity contribution in [2.24, 2.45) is 10.9 Å². The molecule has 2 aromatic carbocycles. The first kappa shape index (κ1) is 20.0.